The van der Waals surface area contributed by atoms with Crippen LogP contribution in [0.15, 0.2) is 18.2 Å². The number of carbonyl (C=O) groups is 1. The van der Waals surface area contributed by atoms with Gasteiger partial charge in [0.15, 0.2) is 0 Å². The number of hydrogen-bond acceptors (Lipinski definition) is 2. The summed E-state index contributed by atoms with van der Waals surface area (Å²) in [4.78, 5) is 14.4. The van der Waals surface area contributed by atoms with Gasteiger partial charge in [-0.05, 0) is 48.6 Å². The van der Waals surface area contributed by atoms with E-state index in [1.54, 1.807) is 0 Å². The Morgan fingerprint density at radius 3 is 2.89 bits per heavy atom. The first kappa shape index (κ1) is 15.7. The summed E-state index contributed by atoms with van der Waals surface area (Å²) < 4.78 is 1.03. The zero-order valence-electron chi connectivity index (χ0n) is 10.6. The molecule has 1 aromatic carbocycles. The van der Waals surface area contributed by atoms with Crippen molar-refractivity contribution >= 4 is 40.9 Å². The molecule has 2 rings (SSSR count). The number of nitrogens with zero attached hydrogens (tertiary/aromatic N) is 1. The summed E-state index contributed by atoms with van der Waals surface area (Å²) in [6.45, 7) is 6.68. The highest BCUT2D eigenvalue weighted by molar-refractivity contribution is 14.1. The van der Waals surface area contributed by atoms with Gasteiger partial charge in [-0.25, -0.2) is 0 Å². The molecule has 5 heteroatoms. The van der Waals surface area contributed by atoms with Crippen LogP contribution in [-0.2, 0) is 0 Å². The summed E-state index contributed by atoms with van der Waals surface area (Å²) in [6.07, 6.45) is 0. The molecular weight excluding hydrogens is 363 g/mol. The van der Waals surface area contributed by atoms with Gasteiger partial charge in [-0.3, -0.25) is 4.79 Å². The normalized spacial score (nSPS) is 19.3. The van der Waals surface area contributed by atoms with Crippen LogP contribution in [0.5, 0.6) is 0 Å². The molecule has 1 saturated heterocycles. The summed E-state index contributed by atoms with van der Waals surface area (Å²) in [6, 6.07) is 6.31. The second-order valence-corrected chi connectivity index (χ2v) is 5.70. The largest absolute Gasteiger partial charge is 0.333 e. The molecule has 0 saturated carbocycles. The third kappa shape index (κ3) is 3.36. The van der Waals surface area contributed by atoms with Gasteiger partial charge in [-0.1, -0.05) is 11.6 Å². The third-order valence-electron chi connectivity index (χ3n) is 3.11. The Morgan fingerprint density at radius 1 is 1.50 bits per heavy atom. The van der Waals surface area contributed by atoms with E-state index in [1.165, 1.54) is 0 Å². The fourth-order valence-electron chi connectivity index (χ4n) is 2.10. The summed E-state index contributed by atoms with van der Waals surface area (Å²) >= 11 is 2.23. The highest BCUT2D eigenvalue weighted by Gasteiger charge is 2.25. The van der Waals surface area contributed by atoms with Crippen molar-refractivity contribution in [2.75, 3.05) is 19.6 Å². The van der Waals surface area contributed by atoms with Gasteiger partial charge in [0.05, 0.1) is 5.56 Å². The van der Waals surface area contributed by atoms with Gasteiger partial charge >= 0.3 is 0 Å². The van der Waals surface area contributed by atoms with Crippen molar-refractivity contribution < 1.29 is 4.79 Å². The van der Waals surface area contributed by atoms with Gasteiger partial charge in [-0.15, -0.1) is 12.4 Å². The number of aryl methyl sites for hydroxylation is 1. The van der Waals surface area contributed by atoms with Crippen LogP contribution in [0.2, 0.25) is 0 Å². The van der Waals surface area contributed by atoms with E-state index >= 15 is 0 Å². The third-order valence-corrected chi connectivity index (χ3v) is 4.06. The second kappa shape index (κ2) is 6.73. The van der Waals surface area contributed by atoms with Crippen LogP contribution in [0.3, 0.4) is 0 Å². The molecule has 0 aromatic heterocycles. The molecule has 1 atom stereocenters. The highest BCUT2D eigenvalue weighted by atomic mass is 127. The van der Waals surface area contributed by atoms with Crippen molar-refractivity contribution in [2.45, 2.75) is 19.9 Å². The van der Waals surface area contributed by atoms with Crippen molar-refractivity contribution in [1.82, 2.24) is 10.2 Å². The number of carbonyl (C=O) groups excluding carboxylic acids is 1. The zero-order chi connectivity index (χ0) is 12.4. The van der Waals surface area contributed by atoms with Gasteiger partial charge in [0.25, 0.3) is 5.91 Å². The number of rotatable bonds is 1. The van der Waals surface area contributed by atoms with E-state index in [4.69, 9.17) is 0 Å². The standard InChI is InChI=1S/C13H17IN2O.ClH/c1-9-3-4-12(14)11(7-9)13(17)16-6-5-15-8-10(16)2;/h3-4,7,10,15H,5-6,8H2,1-2H3;1H/t10-;/m1./s1. The first-order valence-electron chi connectivity index (χ1n) is 5.87. The number of amides is 1. The molecule has 0 radical (unpaired) electrons. The highest BCUT2D eigenvalue weighted by Crippen LogP contribution is 2.18. The maximum Gasteiger partial charge on any atom is 0.255 e. The summed E-state index contributed by atoms with van der Waals surface area (Å²) in [7, 11) is 0. The molecule has 0 bridgehead atoms. The van der Waals surface area contributed by atoms with Crippen molar-refractivity contribution in [3.05, 3.63) is 32.9 Å². The molecule has 1 aliphatic heterocycles. The minimum atomic E-state index is 0. The van der Waals surface area contributed by atoms with Crippen LogP contribution in [-0.4, -0.2) is 36.5 Å². The topological polar surface area (TPSA) is 32.3 Å². The number of hydrogen-bond donors (Lipinski definition) is 1. The Labute approximate surface area is 128 Å². The molecule has 0 spiro atoms. The molecule has 1 aromatic rings. The maximum atomic E-state index is 12.5. The molecular formula is C13H18ClIN2O. The molecule has 1 amide bonds. The molecule has 0 unspecified atom stereocenters. The van der Waals surface area contributed by atoms with E-state index in [1.807, 2.05) is 30.0 Å². The fraction of sp³-hybridized carbons (Fsp3) is 0.462. The van der Waals surface area contributed by atoms with E-state index in [2.05, 4.69) is 34.8 Å². The Balaban J connectivity index is 0.00000162. The summed E-state index contributed by atoms with van der Waals surface area (Å²) in [5, 5.41) is 3.30. The number of nitrogens with one attached hydrogen (secondary N) is 1. The van der Waals surface area contributed by atoms with Crippen LogP contribution in [0.4, 0.5) is 0 Å². The molecule has 1 N–H and O–H groups in total. The van der Waals surface area contributed by atoms with E-state index < -0.39 is 0 Å². The number of halogens is 2. The molecule has 100 valence electrons. The van der Waals surface area contributed by atoms with Crippen LogP contribution in [0.25, 0.3) is 0 Å². The Bertz CT molecular complexity index is 439. The average Bonchev–Trinajstić information content (AvgIpc) is 2.32. The quantitative estimate of drug-likeness (QED) is 0.759. The van der Waals surface area contributed by atoms with E-state index in [0.717, 1.165) is 34.3 Å². The van der Waals surface area contributed by atoms with Gasteiger partial charge in [0.1, 0.15) is 0 Å². The van der Waals surface area contributed by atoms with E-state index in [9.17, 15) is 4.79 Å². The van der Waals surface area contributed by atoms with Crippen molar-refractivity contribution in [3.63, 3.8) is 0 Å². The zero-order valence-corrected chi connectivity index (χ0v) is 13.5. The minimum absolute atomic E-state index is 0. The van der Waals surface area contributed by atoms with Gasteiger partial charge < -0.3 is 10.2 Å². The van der Waals surface area contributed by atoms with Crippen molar-refractivity contribution in [1.29, 1.82) is 0 Å². The van der Waals surface area contributed by atoms with Crippen LogP contribution >= 0.6 is 35.0 Å². The first-order chi connectivity index (χ1) is 8.09. The first-order valence-corrected chi connectivity index (χ1v) is 6.95. The molecule has 18 heavy (non-hydrogen) atoms. The lowest BCUT2D eigenvalue weighted by atomic mass is 10.1. The SMILES string of the molecule is Cc1ccc(I)c(C(=O)N2CCNC[C@H]2C)c1.Cl. The Kier molecular flexibility index (Phi) is 5.88. The monoisotopic (exact) mass is 380 g/mol. The second-order valence-electron chi connectivity index (χ2n) is 4.53. The molecule has 1 fully saturated rings. The van der Waals surface area contributed by atoms with Crippen LogP contribution in [0.1, 0.15) is 22.8 Å². The lowest BCUT2D eigenvalue weighted by Crippen LogP contribution is -2.52. The lowest BCUT2D eigenvalue weighted by molar-refractivity contribution is 0.0654. The smallest absolute Gasteiger partial charge is 0.255 e. The Morgan fingerprint density at radius 2 is 2.22 bits per heavy atom. The number of piperazine rings is 1. The maximum absolute atomic E-state index is 12.5. The van der Waals surface area contributed by atoms with Crippen molar-refractivity contribution in [3.8, 4) is 0 Å². The Hall–Kier alpha value is -0.330. The molecule has 3 nitrogen and oxygen atoms in total. The van der Waals surface area contributed by atoms with Crippen LogP contribution < -0.4 is 5.32 Å². The predicted octanol–water partition coefficient (Wildman–Crippen LogP) is 2.46. The number of benzene rings is 1. The predicted molar refractivity (Wildman–Crippen MR) is 84.5 cm³/mol. The van der Waals surface area contributed by atoms with E-state index in [-0.39, 0.29) is 24.4 Å². The van der Waals surface area contributed by atoms with Gasteiger partial charge in [0.2, 0.25) is 0 Å². The summed E-state index contributed by atoms with van der Waals surface area (Å²) in [5.74, 6) is 0.159. The van der Waals surface area contributed by atoms with Crippen molar-refractivity contribution in [2.24, 2.45) is 0 Å². The molecule has 1 aliphatic rings. The molecule has 1 heterocycles. The van der Waals surface area contributed by atoms with E-state index in [0.29, 0.717) is 0 Å². The minimum Gasteiger partial charge on any atom is -0.333 e. The van der Waals surface area contributed by atoms with Gasteiger partial charge in [0, 0.05) is 29.2 Å². The van der Waals surface area contributed by atoms with Gasteiger partial charge in [-0.2, -0.15) is 0 Å². The fourth-order valence-corrected chi connectivity index (χ4v) is 2.67. The average molecular weight is 381 g/mol. The lowest BCUT2D eigenvalue weighted by Gasteiger charge is -2.34. The molecule has 0 aliphatic carbocycles. The summed E-state index contributed by atoms with van der Waals surface area (Å²) in [5.41, 5.74) is 1.97. The van der Waals surface area contributed by atoms with Crippen LogP contribution in [0, 0.1) is 10.5 Å².